The number of benzene rings is 1. The Labute approximate surface area is 141 Å². The van der Waals surface area contributed by atoms with Crippen LogP contribution in [0, 0.1) is 10.1 Å². The Morgan fingerprint density at radius 1 is 1.33 bits per heavy atom. The van der Waals surface area contributed by atoms with Crippen molar-refractivity contribution in [3.8, 4) is 0 Å². The summed E-state index contributed by atoms with van der Waals surface area (Å²) in [5, 5.41) is 23.5. The zero-order valence-corrected chi connectivity index (χ0v) is 14.5. The van der Waals surface area contributed by atoms with Crippen molar-refractivity contribution in [3.05, 3.63) is 28.3 Å². The number of nitrogens with zero attached hydrogens (tertiary/aromatic N) is 2. The molecule has 2 rings (SSSR count). The normalized spacial score (nSPS) is 17.4. The van der Waals surface area contributed by atoms with Crippen molar-refractivity contribution in [2.75, 3.05) is 25.0 Å². The summed E-state index contributed by atoms with van der Waals surface area (Å²) in [6.45, 7) is 2.56. The minimum absolute atomic E-state index is 0.0707. The maximum absolute atomic E-state index is 12.7. The summed E-state index contributed by atoms with van der Waals surface area (Å²) in [6.07, 6.45) is 3.18. The number of nitro benzene ring substituents is 1. The average Bonchev–Trinajstić information content (AvgIpc) is 2.60. The van der Waals surface area contributed by atoms with Gasteiger partial charge in [0.1, 0.15) is 5.69 Å². The van der Waals surface area contributed by atoms with Gasteiger partial charge in [0.2, 0.25) is 10.0 Å². The standard InChI is InChI=1S/C15H23N3O5S/c1-2-12(11-19)16-14-7-6-13(10-15(14)18(20)21)24(22,23)17-8-4-3-5-9-17/h6-7,10,12,16,19H,2-5,8-9,11H2,1H3/t12-/m0/s1. The SMILES string of the molecule is CC[C@@H](CO)Nc1ccc(S(=O)(=O)N2CCCCC2)cc1[N+](=O)[O-]. The number of hydrogen-bond acceptors (Lipinski definition) is 6. The Morgan fingerprint density at radius 2 is 2.00 bits per heavy atom. The van der Waals surface area contributed by atoms with Crippen molar-refractivity contribution in [2.45, 2.75) is 43.5 Å². The highest BCUT2D eigenvalue weighted by atomic mass is 32.2. The van der Waals surface area contributed by atoms with Crippen molar-refractivity contribution in [1.29, 1.82) is 0 Å². The third-order valence-electron chi connectivity index (χ3n) is 4.19. The Hall–Kier alpha value is -1.71. The Morgan fingerprint density at radius 3 is 2.54 bits per heavy atom. The van der Waals surface area contributed by atoms with Gasteiger partial charge in [-0.2, -0.15) is 4.31 Å². The topological polar surface area (TPSA) is 113 Å². The second-order valence-electron chi connectivity index (χ2n) is 5.83. The van der Waals surface area contributed by atoms with Crippen molar-refractivity contribution < 1.29 is 18.4 Å². The van der Waals surface area contributed by atoms with Crippen LogP contribution in [-0.4, -0.2) is 48.5 Å². The maximum atomic E-state index is 12.7. The number of aliphatic hydroxyl groups excluding tert-OH is 1. The van der Waals surface area contributed by atoms with Gasteiger partial charge in [0, 0.05) is 25.2 Å². The van der Waals surface area contributed by atoms with Crippen molar-refractivity contribution in [2.24, 2.45) is 0 Å². The average molecular weight is 357 g/mol. The van der Waals surface area contributed by atoms with Gasteiger partial charge in [0.15, 0.2) is 0 Å². The monoisotopic (exact) mass is 357 g/mol. The highest BCUT2D eigenvalue weighted by molar-refractivity contribution is 7.89. The third kappa shape index (κ3) is 4.03. The third-order valence-corrected chi connectivity index (χ3v) is 6.09. The molecule has 0 aliphatic carbocycles. The summed E-state index contributed by atoms with van der Waals surface area (Å²) in [5.41, 5.74) is -0.0986. The molecule has 9 heteroatoms. The van der Waals surface area contributed by atoms with Gasteiger partial charge in [-0.1, -0.05) is 13.3 Å². The predicted molar refractivity (Wildman–Crippen MR) is 90.5 cm³/mol. The van der Waals surface area contributed by atoms with Crippen LogP contribution >= 0.6 is 0 Å². The van der Waals surface area contributed by atoms with Crippen LogP contribution in [0.4, 0.5) is 11.4 Å². The number of rotatable bonds is 7. The number of aliphatic hydroxyl groups is 1. The molecule has 0 saturated carbocycles. The summed E-state index contributed by atoms with van der Waals surface area (Å²) in [4.78, 5) is 10.6. The second kappa shape index (κ2) is 7.91. The van der Waals surface area contributed by atoms with Gasteiger partial charge in [-0.25, -0.2) is 8.42 Å². The smallest absolute Gasteiger partial charge is 0.293 e. The molecule has 1 heterocycles. The molecule has 1 aliphatic rings. The molecule has 1 aromatic rings. The fraction of sp³-hybridized carbons (Fsp3) is 0.600. The van der Waals surface area contributed by atoms with E-state index in [9.17, 15) is 23.6 Å². The molecule has 24 heavy (non-hydrogen) atoms. The van der Waals surface area contributed by atoms with Gasteiger partial charge in [-0.3, -0.25) is 10.1 Å². The van der Waals surface area contributed by atoms with Crippen LogP contribution in [0.5, 0.6) is 0 Å². The van der Waals surface area contributed by atoms with Crippen molar-refractivity contribution in [3.63, 3.8) is 0 Å². The molecule has 0 spiro atoms. The van der Waals surface area contributed by atoms with E-state index < -0.39 is 14.9 Å². The quantitative estimate of drug-likeness (QED) is 0.570. The van der Waals surface area contributed by atoms with E-state index in [0.29, 0.717) is 19.5 Å². The van der Waals surface area contributed by atoms with E-state index in [0.717, 1.165) is 25.3 Å². The first kappa shape index (κ1) is 18.6. The fourth-order valence-electron chi connectivity index (χ4n) is 2.70. The van der Waals surface area contributed by atoms with Gasteiger partial charge in [-0.15, -0.1) is 0 Å². The molecule has 1 fully saturated rings. The van der Waals surface area contributed by atoms with E-state index in [-0.39, 0.29) is 28.9 Å². The molecular weight excluding hydrogens is 334 g/mol. The zero-order valence-electron chi connectivity index (χ0n) is 13.6. The minimum atomic E-state index is -3.72. The lowest BCUT2D eigenvalue weighted by molar-refractivity contribution is -0.384. The Balaban J connectivity index is 2.35. The number of nitrogens with one attached hydrogen (secondary N) is 1. The van der Waals surface area contributed by atoms with Crippen molar-refractivity contribution in [1.82, 2.24) is 4.31 Å². The number of hydrogen-bond donors (Lipinski definition) is 2. The molecule has 0 unspecified atom stereocenters. The van der Waals surface area contributed by atoms with E-state index in [1.54, 1.807) is 0 Å². The van der Waals surface area contributed by atoms with Crippen LogP contribution in [0.15, 0.2) is 23.1 Å². The lowest BCUT2D eigenvalue weighted by Gasteiger charge is -2.26. The lowest BCUT2D eigenvalue weighted by Crippen LogP contribution is -2.35. The minimum Gasteiger partial charge on any atom is -0.394 e. The lowest BCUT2D eigenvalue weighted by atomic mass is 10.2. The van der Waals surface area contributed by atoms with Gasteiger partial charge in [0.25, 0.3) is 5.69 Å². The zero-order chi connectivity index (χ0) is 17.7. The molecule has 134 valence electrons. The highest BCUT2D eigenvalue weighted by Crippen LogP contribution is 2.30. The van der Waals surface area contributed by atoms with E-state index in [1.807, 2.05) is 6.92 Å². The van der Waals surface area contributed by atoms with Crippen LogP contribution in [0.3, 0.4) is 0 Å². The van der Waals surface area contributed by atoms with Crippen LogP contribution in [-0.2, 0) is 10.0 Å². The summed E-state index contributed by atoms with van der Waals surface area (Å²) in [5.74, 6) is 0. The van der Waals surface area contributed by atoms with Crippen LogP contribution in [0.2, 0.25) is 0 Å². The van der Waals surface area contributed by atoms with Gasteiger partial charge >= 0.3 is 0 Å². The van der Waals surface area contributed by atoms with Crippen molar-refractivity contribution >= 4 is 21.4 Å². The van der Waals surface area contributed by atoms with E-state index in [4.69, 9.17) is 0 Å². The molecular formula is C15H23N3O5S. The molecule has 0 amide bonds. The van der Waals surface area contributed by atoms with Crippen LogP contribution in [0.1, 0.15) is 32.6 Å². The number of sulfonamides is 1. The van der Waals surface area contributed by atoms with E-state index >= 15 is 0 Å². The summed E-state index contributed by atoms with van der Waals surface area (Å²) in [6, 6.07) is 3.54. The number of anilines is 1. The van der Waals surface area contributed by atoms with Gasteiger partial charge < -0.3 is 10.4 Å². The molecule has 2 N–H and O–H groups in total. The largest absolute Gasteiger partial charge is 0.394 e. The predicted octanol–water partition coefficient (Wildman–Crippen LogP) is 1.95. The van der Waals surface area contributed by atoms with Gasteiger partial charge in [-0.05, 0) is 31.4 Å². The van der Waals surface area contributed by atoms with Crippen LogP contribution in [0.25, 0.3) is 0 Å². The Bertz CT molecular complexity index is 682. The summed E-state index contributed by atoms with van der Waals surface area (Å²) < 4.78 is 26.7. The van der Waals surface area contributed by atoms with E-state index in [1.165, 1.54) is 16.4 Å². The first-order valence-electron chi connectivity index (χ1n) is 8.06. The van der Waals surface area contributed by atoms with E-state index in [2.05, 4.69) is 5.32 Å². The summed E-state index contributed by atoms with van der Waals surface area (Å²) in [7, 11) is -3.72. The molecule has 0 aromatic heterocycles. The van der Waals surface area contributed by atoms with Crippen LogP contribution < -0.4 is 5.32 Å². The molecule has 0 radical (unpaired) electrons. The summed E-state index contributed by atoms with van der Waals surface area (Å²) >= 11 is 0. The first-order valence-corrected chi connectivity index (χ1v) is 9.50. The molecule has 1 aliphatic heterocycles. The van der Waals surface area contributed by atoms with Gasteiger partial charge in [0.05, 0.1) is 16.4 Å². The number of nitro groups is 1. The second-order valence-corrected chi connectivity index (χ2v) is 7.77. The highest BCUT2D eigenvalue weighted by Gasteiger charge is 2.28. The molecule has 0 bridgehead atoms. The molecule has 1 atom stereocenters. The number of piperidine rings is 1. The Kier molecular flexibility index (Phi) is 6.14. The maximum Gasteiger partial charge on any atom is 0.293 e. The molecule has 1 saturated heterocycles. The molecule has 1 aromatic carbocycles. The fourth-order valence-corrected chi connectivity index (χ4v) is 4.23. The first-order chi connectivity index (χ1) is 11.4. The molecule has 8 nitrogen and oxygen atoms in total.